The number of phosphoric ester groups is 1. The first-order valence-corrected chi connectivity index (χ1v) is 13.5. The van der Waals surface area contributed by atoms with Crippen LogP contribution in [0.2, 0.25) is 0 Å². The van der Waals surface area contributed by atoms with Crippen LogP contribution in [-0.4, -0.2) is 91.0 Å². The average molecular weight is 520 g/mol. The van der Waals surface area contributed by atoms with Crippen LogP contribution in [0.25, 0.3) is 0 Å². The number of aliphatic hydroxyl groups is 2. The Balaban J connectivity index is 2.18. The largest absolute Gasteiger partial charge is 0.470 e. The van der Waals surface area contributed by atoms with Gasteiger partial charge in [-0.3, -0.25) is 9.32 Å². The molecule has 2 saturated heterocycles. The summed E-state index contributed by atoms with van der Waals surface area (Å²) >= 11 is 7.28. The molecule has 0 aromatic carbocycles. The van der Waals surface area contributed by atoms with Crippen molar-refractivity contribution in [3.63, 3.8) is 0 Å². The van der Waals surface area contributed by atoms with E-state index in [0.717, 1.165) is 24.6 Å². The highest BCUT2D eigenvalue weighted by atomic mass is 35.5. The van der Waals surface area contributed by atoms with E-state index in [4.69, 9.17) is 26.1 Å². The van der Waals surface area contributed by atoms with Gasteiger partial charge in [-0.2, -0.15) is 0 Å². The number of nitroso groups, excluding NO2 is 1. The molecule has 0 aromatic heterocycles. The van der Waals surface area contributed by atoms with E-state index >= 15 is 0 Å². The fourth-order valence-electron chi connectivity index (χ4n) is 4.19. The molecule has 0 spiro atoms. The topological polar surface area (TPSA) is 178 Å². The third-order valence-electron chi connectivity index (χ3n) is 5.70. The molecule has 186 valence electrons. The second-order valence-electron chi connectivity index (χ2n) is 8.07. The molecular formula is C17H31ClN3O9PS. The molecule has 0 saturated carbocycles. The van der Waals surface area contributed by atoms with E-state index in [9.17, 15) is 24.5 Å². The minimum atomic E-state index is -4.98. The van der Waals surface area contributed by atoms with Crippen molar-refractivity contribution in [1.29, 1.82) is 0 Å². The predicted molar refractivity (Wildman–Crippen MR) is 118 cm³/mol. The number of carbonyl (C=O) groups is 1. The maximum atomic E-state index is 13.0. The van der Waals surface area contributed by atoms with Gasteiger partial charge in [0.05, 0.1) is 16.7 Å². The summed E-state index contributed by atoms with van der Waals surface area (Å²) in [5.74, 6) is -0.370. The molecule has 0 radical (unpaired) electrons. The Kier molecular flexibility index (Phi) is 10.2. The number of alkyl halides is 1. The normalized spacial score (nSPS) is 35.4. The van der Waals surface area contributed by atoms with Crippen molar-refractivity contribution in [3.05, 3.63) is 4.91 Å². The van der Waals surface area contributed by atoms with Crippen molar-refractivity contribution >= 4 is 37.1 Å². The zero-order valence-electron chi connectivity index (χ0n) is 18.0. The number of halogens is 1. The number of aliphatic hydroxyl groups excluding tert-OH is 2. The van der Waals surface area contributed by atoms with E-state index in [0.29, 0.717) is 13.0 Å². The Morgan fingerprint density at radius 3 is 2.56 bits per heavy atom. The highest BCUT2D eigenvalue weighted by Gasteiger charge is 2.51. The van der Waals surface area contributed by atoms with Gasteiger partial charge in [-0.25, -0.2) is 9.57 Å². The van der Waals surface area contributed by atoms with Crippen LogP contribution in [0.15, 0.2) is 5.29 Å². The summed E-state index contributed by atoms with van der Waals surface area (Å²) in [4.78, 5) is 42.4. The molecule has 2 aliphatic heterocycles. The molecule has 0 aromatic rings. The van der Waals surface area contributed by atoms with Gasteiger partial charge in [0.2, 0.25) is 5.91 Å². The smallest absolute Gasteiger partial charge is 0.388 e. The number of nitrogens with one attached hydrogen (secondary N) is 1. The minimum Gasteiger partial charge on any atom is -0.388 e. The molecule has 15 heteroatoms. The molecule has 32 heavy (non-hydrogen) atoms. The Bertz CT molecular complexity index is 700. The van der Waals surface area contributed by atoms with Crippen LogP contribution in [0, 0.1) is 10.8 Å². The van der Waals surface area contributed by atoms with Gasteiger partial charge in [-0.15, -0.1) is 28.3 Å². The van der Waals surface area contributed by atoms with Gasteiger partial charge in [0.15, 0.2) is 0 Å². The zero-order chi connectivity index (χ0) is 24.2. The second kappa shape index (κ2) is 11.8. The monoisotopic (exact) mass is 519 g/mol. The van der Waals surface area contributed by atoms with Crippen LogP contribution < -0.4 is 5.32 Å². The molecule has 12 nitrogen and oxygen atoms in total. The van der Waals surface area contributed by atoms with Gasteiger partial charge in [0.1, 0.15) is 35.9 Å². The Morgan fingerprint density at radius 1 is 1.41 bits per heavy atom. The van der Waals surface area contributed by atoms with Crippen molar-refractivity contribution in [2.75, 3.05) is 12.8 Å². The first-order valence-electron chi connectivity index (χ1n) is 10.3. The Labute approximate surface area is 195 Å². The number of carbonyl (C=O) groups excluding carboxylic acids is 1. The highest BCUT2D eigenvalue weighted by Crippen LogP contribution is 2.43. The molecule has 0 aliphatic carbocycles. The summed E-state index contributed by atoms with van der Waals surface area (Å²) in [6, 6.07) is -1.78. The summed E-state index contributed by atoms with van der Waals surface area (Å²) in [6.07, 6.45) is -2.35. The number of rotatable bonds is 10. The molecule has 2 fully saturated rings. The number of ether oxygens (including phenoxy) is 1. The maximum Gasteiger partial charge on any atom is 0.470 e. The summed E-state index contributed by atoms with van der Waals surface area (Å²) in [5.41, 5.74) is -1.06. The molecular weight excluding hydrogens is 489 g/mol. The first-order chi connectivity index (χ1) is 14.9. The van der Waals surface area contributed by atoms with E-state index in [1.165, 1.54) is 5.01 Å². The van der Waals surface area contributed by atoms with Gasteiger partial charge in [-0.1, -0.05) is 13.3 Å². The van der Waals surface area contributed by atoms with E-state index in [1.807, 2.05) is 6.92 Å². The molecule has 1 unspecified atom stereocenters. The molecule has 9 atom stereocenters. The summed E-state index contributed by atoms with van der Waals surface area (Å²) in [7, 11) is -4.98. The van der Waals surface area contributed by atoms with Crippen molar-refractivity contribution in [1.82, 2.24) is 10.3 Å². The van der Waals surface area contributed by atoms with E-state index < -0.39 is 61.0 Å². The summed E-state index contributed by atoms with van der Waals surface area (Å²) < 4.78 is 21.6. The molecule has 0 bridgehead atoms. The predicted octanol–water partition coefficient (Wildman–Crippen LogP) is 0.558. The quantitative estimate of drug-likeness (QED) is 0.155. The summed E-state index contributed by atoms with van der Waals surface area (Å²) in [6.45, 7) is 3.94. The molecule has 2 aliphatic rings. The van der Waals surface area contributed by atoms with Crippen LogP contribution >= 0.6 is 31.2 Å². The van der Waals surface area contributed by atoms with Gasteiger partial charge in [0.25, 0.3) is 0 Å². The number of amides is 1. The summed E-state index contributed by atoms with van der Waals surface area (Å²) in [5, 5.41) is 27.2. The SMILES string of the molecule is CCC[C@@H]1C[C@@H](C(=O)N[C@H](C2O[C@H](SC)[C@H](OP(=O)(O)O)[C@@H](O)[C@H]2O)[C@H](C)Cl)N(N=O)C1. The first kappa shape index (κ1) is 27.7. The highest BCUT2D eigenvalue weighted by molar-refractivity contribution is 7.99. The van der Waals surface area contributed by atoms with Gasteiger partial charge in [-0.05, 0) is 31.9 Å². The average Bonchev–Trinajstić information content (AvgIpc) is 3.12. The lowest BCUT2D eigenvalue weighted by Crippen LogP contribution is -2.65. The number of nitrogens with zero attached hydrogens (tertiary/aromatic N) is 2. The minimum absolute atomic E-state index is 0.144. The molecule has 5 N–H and O–H groups in total. The molecule has 2 heterocycles. The lowest BCUT2D eigenvalue weighted by atomic mass is 9.92. The second-order valence-corrected chi connectivity index (χ2v) is 10.9. The van der Waals surface area contributed by atoms with Crippen molar-refractivity contribution in [3.8, 4) is 0 Å². The van der Waals surface area contributed by atoms with Gasteiger partial charge >= 0.3 is 7.82 Å². The third-order valence-corrected chi connectivity index (χ3v) is 7.33. The van der Waals surface area contributed by atoms with Crippen LogP contribution in [0.3, 0.4) is 0 Å². The lowest BCUT2D eigenvalue weighted by Gasteiger charge is -2.45. The molecule has 1 amide bonds. The van der Waals surface area contributed by atoms with Crippen LogP contribution in [0.1, 0.15) is 33.1 Å². The van der Waals surface area contributed by atoms with Crippen molar-refractivity contribution < 1.29 is 38.6 Å². The third kappa shape index (κ3) is 6.77. The zero-order valence-corrected chi connectivity index (χ0v) is 20.4. The van der Waals surface area contributed by atoms with Gasteiger partial charge in [0, 0.05) is 6.54 Å². The van der Waals surface area contributed by atoms with E-state index in [1.54, 1.807) is 13.2 Å². The fourth-order valence-corrected chi connectivity index (χ4v) is 5.76. The van der Waals surface area contributed by atoms with E-state index in [2.05, 4.69) is 15.1 Å². The Morgan fingerprint density at radius 2 is 2.06 bits per heavy atom. The Hall–Kier alpha value is -0.500. The number of phosphoric acid groups is 1. The van der Waals surface area contributed by atoms with Crippen LogP contribution in [0.4, 0.5) is 0 Å². The number of thioether (sulfide) groups is 1. The van der Waals surface area contributed by atoms with E-state index in [-0.39, 0.29) is 5.92 Å². The standard InChI is InChI=1S/C17H31ClN3O9PS/c1-4-5-9-6-10(21(7-9)20-25)16(24)19-11(8(2)18)14-12(22)13(23)15(17(29-14)32-3)30-31(26,27)28/h8-15,17,22-23H,4-7H2,1-3H3,(H,19,24)(H2,26,27,28)/t8-,9+,10-,11-,12+,13-,14?,15+,17+/m0/s1. The number of hydrogen-bond acceptors (Lipinski definition) is 9. The number of hydrogen-bond donors (Lipinski definition) is 5. The lowest BCUT2D eigenvalue weighted by molar-refractivity contribution is -0.201. The molecule has 2 rings (SSSR count). The van der Waals surface area contributed by atoms with Crippen LogP contribution in [-0.2, 0) is 18.6 Å². The van der Waals surface area contributed by atoms with Crippen molar-refractivity contribution in [2.45, 2.75) is 80.4 Å². The fraction of sp³-hybridized carbons (Fsp3) is 0.941. The van der Waals surface area contributed by atoms with Crippen molar-refractivity contribution in [2.24, 2.45) is 11.2 Å². The van der Waals surface area contributed by atoms with Crippen LogP contribution in [0.5, 0.6) is 0 Å². The maximum absolute atomic E-state index is 13.0. The van der Waals surface area contributed by atoms with Gasteiger partial charge < -0.3 is 30.1 Å².